The molecule has 0 aromatic heterocycles. The van der Waals surface area contributed by atoms with Crippen molar-refractivity contribution in [3.63, 3.8) is 0 Å². The summed E-state index contributed by atoms with van der Waals surface area (Å²) in [7, 11) is 0. The van der Waals surface area contributed by atoms with E-state index < -0.39 is 24.1 Å². The van der Waals surface area contributed by atoms with E-state index in [1.165, 1.54) is 0 Å². The number of rotatable bonds is 0. The van der Waals surface area contributed by atoms with Gasteiger partial charge in [0.25, 0.3) is 0 Å². The maximum Gasteiger partial charge on any atom is 0.468 e. The molecular formula is C6H2F8O2. The zero-order valence-electron chi connectivity index (χ0n) is 6.99. The van der Waals surface area contributed by atoms with Gasteiger partial charge in [0, 0.05) is 0 Å². The maximum atomic E-state index is 13.0. The maximum absolute atomic E-state index is 13.0. The van der Waals surface area contributed by atoms with E-state index in [4.69, 9.17) is 0 Å². The topological polar surface area (TPSA) is 18.5 Å². The lowest BCUT2D eigenvalue weighted by atomic mass is 10.1. The molecule has 2 unspecified atom stereocenters. The van der Waals surface area contributed by atoms with Crippen molar-refractivity contribution in [3.8, 4) is 0 Å². The van der Waals surface area contributed by atoms with E-state index in [9.17, 15) is 35.1 Å². The number of hydrogen-bond acceptors (Lipinski definition) is 2. The first-order valence-corrected chi connectivity index (χ1v) is 3.47. The van der Waals surface area contributed by atoms with Crippen LogP contribution in [0.1, 0.15) is 0 Å². The van der Waals surface area contributed by atoms with Crippen LogP contribution in [0.25, 0.3) is 0 Å². The van der Waals surface area contributed by atoms with Crippen molar-refractivity contribution in [3.05, 3.63) is 12.5 Å². The summed E-state index contributed by atoms with van der Waals surface area (Å²) in [6, 6.07) is 0. The molecule has 2 nitrogen and oxygen atoms in total. The zero-order valence-corrected chi connectivity index (χ0v) is 6.99. The predicted octanol–water partition coefficient (Wildman–Crippen LogP) is 2.96. The molecule has 0 N–H and O–H groups in total. The molecule has 1 aliphatic heterocycles. The SMILES string of the molecule is FC(F)(F)C1(F)OC=COC1(F)C(F)(F)F. The molecule has 0 saturated carbocycles. The first kappa shape index (κ1) is 12.8. The van der Waals surface area contributed by atoms with Gasteiger partial charge in [-0.25, -0.2) is 0 Å². The monoisotopic (exact) mass is 258 g/mol. The van der Waals surface area contributed by atoms with Crippen LogP contribution >= 0.6 is 0 Å². The summed E-state index contributed by atoms with van der Waals surface area (Å²) in [6.45, 7) is 0. The van der Waals surface area contributed by atoms with E-state index in [2.05, 4.69) is 9.47 Å². The highest BCUT2D eigenvalue weighted by Gasteiger charge is 2.85. The first-order chi connectivity index (χ1) is 6.96. The summed E-state index contributed by atoms with van der Waals surface area (Å²) in [5.74, 6) is -11.3. The Hall–Kier alpha value is -1.22. The Balaban J connectivity index is 3.31. The van der Waals surface area contributed by atoms with Crippen LogP contribution in [-0.2, 0) is 9.47 Å². The highest BCUT2D eigenvalue weighted by molar-refractivity contribution is 5.03. The molecule has 0 aromatic carbocycles. The molecule has 2 atom stereocenters. The average Bonchev–Trinajstić information content (AvgIpc) is 2.06. The highest BCUT2D eigenvalue weighted by atomic mass is 19.4. The van der Waals surface area contributed by atoms with E-state index in [1.54, 1.807) is 0 Å². The Kier molecular flexibility index (Phi) is 2.52. The molecule has 0 amide bonds. The van der Waals surface area contributed by atoms with Gasteiger partial charge in [-0.05, 0) is 0 Å². The molecule has 1 aliphatic rings. The summed E-state index contributed by atoms with van der Waals surface area (Å²) >= 11 is 0. The number of hydrogen-bond donors (Lipinski definition) is 0. The van der Waals surface area contributed by atoms with E-state index in [1.807, 2.05) is 0 Å². The van der Waals surface area contributed by atoms with Crippen LogP contribution in [-0.4, -0.2) is 24.1 Å². The molecular weight excluding hydrogens is 256 g/mol. The third-order valence-corrected chi connectivity index (χ3v) is 1.66. The number of alkyl halides is 8. The third kappa shape index (κ3) is 1.47. The zero-order chi connectivity index (χ0) is 12.8. The Morgan fingerprint density at radius 3 is 1.12 bits per heavy atom. The molecule has 94 valence electrons. The van der Waals surface area contributed by atoms with Crippen molar-refractivity contribution in [2.75, 3.05) is 0 Å². The van der Waals surface area contributed by atoms with Crippen LogP contribution in [0.2, 0.25) is 0 Å². The van der Waals surface area contributed by atoms with Gasteiger partial charge in [0.05, 0.1) is 0 Å². The van der Waals surface area contributed by atoms with Gasteiger partial charge in [0.2, 0.25) is 0 Å². The van der Waals surface area contributed by atoms with Crippen LogP contribution in [0.5, 0.6) is 0 Å². The Labute approximate surface area is 82.4 Å². The van der Waals surface area contributed by atoms with Gasteiger partial charge >= 0.3 is 24.1 Å². The lowest BCUT2D eigenvalue weighted by Gasteiger charge is -2.40. The molecule has 0 bridgehead atoms. The second-order valence-electron chi connectivity index (χ2n) is 2.69. The van der Waals surface area contributed by atoms with Gasteiger partial charge in [0.15, 0.2) is 0 Å². The molecule has 10 heteroatoms. The highest BCUT2D eigenvalue weighted by Crippen LogP contribution is 2.54. The molecule has 0 radical (unpaired) electrons. The second-order valence-corrected chi connectivity index (χ2v) is 2.69. The fourth-order valence-electron chi connectivity index (χ4n) is 0.893. The van der Waals surface area contributed by atoms with Crippen molar-refractivity contribution < 1.29 is 44.6 Å². The first-order valence-electron chi connectivity index (χ1n) is 3.47. The van der Waals surface area contributed by atoms with Crippen molar-refractivity contribution >= 4 is 0 Å². The second kappa shape index (κ2) is 3.14. The van der Waals surface area contributed by atoms with Gasteiger partial charge in [0.1, 0.15) is 12.5 Å². The summed E-state index contributed by atoms with van der Waals surface area (Å²) in [5.41, 5.74) is 0. The summed E-state index contributed by atoms with van der Waals surface area (Å²) in [6.07, 6.45) is -12.9. The van der Waals surface area contributed by atoms with Crippen molar-refractivity contribution in [2.24, 2.45) is 0 Å². The number of ether oxygens (including phenoxy) is 2. The molecule has 16 heavy (non-hydrogen) atoms. The Bertz CT molecular complexity index is 277. The average molecular weight is 258 g/mol. The third-order valence-electron chi connectivity index (χ3n) is 1.66. The molecule has 0 spiro atoms. The Morgan fingerprint density at radius 2 is 0.938 bits per heavy atom. The lowest BCUT2D eigenvalue weighted by molar-refractivity contribution is -0.469. The van der Waals surface area contributed by atoms with Crippen LogP contribution in [0, 0.1) is 0 Å². The summed E-state index contributed by atoms with van der Waals surface area (Å²) in [5, 5.41) is 0. The molecule has 0 aliphatic carbocycles. The summed E-state index contributed by atoms with van der Waals surface area (Å²) < 4.78 is 104. The minimum atomic E-state index is -6.26. The van der Waals surface area contributed by atoms with Crippen molar-refractivity contribution in [1.82, 2.24) is 0 Å². The van der Waals surface area contributed by atoms with Gasteiger partial charge in [-0.1, -0.05) is 0 Å². The van der Waals surface area contributed by atoms with Crippen LogP contribution in [0.15, 0.2) is 12.5 Å². The van der Waals surface area contributed by atoms with Gasteiger partial charge in [-0.15, -0.1) is 0 Å². The van der Waals surface area contributed by atoms with Gasteiger partial charge < -0.3 is 9.47 Å². The fraction of sp³-hybridized carbons (Fsp3) is 0.667. The molecule has 0 saturated heterocycles. The smallest absolute Gasteiger partial charge is 0.450 e. The van der Waals surface area contributed by atoms with Crippen molar-refractivity contribution in [1.29, 1.82) is 0 Å². The van der Waals surface area contributed by atoms with E-state index in [0.717, 1.165) is 0 Å². The minimum Gasteiger partial charge on any atom is -0.450 e. The lowest BCUT2D eigenvalue weighted by Crippen LogP contribution is -2.67. The Morgan fingerprint density at radius 1 is 0.688 bits per heavy atom. The van der Waals surface area contributed by atoms with E-state index >= 15 is 0 Å². The van der Waals surface area contributed by atoms with Crippen LogP contribution in [0.3, 0.4) is 0 Å². The molecule has 0 aromatic rings. The fourth-order valence-corrected chi connectivity index (χ4v) is 0.893. The molecule has 1 heterocycles. The van der Waals surface area contributed by atoms with Crippen LogP contribution in [0.4, 0.5) is 35.1 Å². The normalized spacial score (nSPS) is 35.5. The largest absolute Gasteiger partial charge is 0.468 e. The number of halogens is 8. The quantitative estimate of drug-likeness (QED) is 0.622. The molecule has 1 rings (SSSR count). The predicted molar refractivity (Wildman–Crippen MR) is 31.1 cm³/mol. The summed E-state index contributed by atoms with van der Waals surface area (Å²) in [4.78, 5) is 0. The van der Waals surface area contributed by atoms with E-state index in [-0.39, 0.29) is 12.5 Å². The molecule has 0 fully saturated rings. The van der Waals surface area contributed by atoms with Crippen molar-refractivity contribution in [2.45, 2.75) is 24.1 Å². The van der Waals surface area contributed by atoms with Gasteiger partial charge in [-0.3, -0.25) is 0 Å². The van der Waals surface area contributed by atoms with Crippen LogP contribution < -0.4 is 0 Å². The standard InChI is InChI=1S/C6H2F8O2/c7-3(5(9,10)11)4(8,6(12,13)14)16-2-1-15-3/h1-2H. The minimum absolute atomic E-state index is 0.170. The van der Waals surface area contributed by atoms with E-state index in [0.29, 0.717) is 0 Å². The van der Waals surface area contributed by atoms with Gasteiger partial charge in [-0.2, -0.15) is 35.1 Å².